The molecular weight excluding hydrogens is 294 g/mol. The molecule has 0 aromatic carbocycles. The van der Waals surface area contributed by atoms with E-state index in [0.29, 0.717) is 12.6 Å². The highest BCUT2D eigenvalue weighted by Crippen LogP contribution is 2.25. The third-order valence-corrected chi connectivity index (χ3v) is 4.93. The number of carbonyl (C=O) groups excluding carboxylic acids is 1. The van der Waals surface area contributed by atoms with Crippen molar-refractivity contribution in [1.29, 1.82) is 0 Å². The molecular formula is C16H27N5O2. The molecule has 0 saturated carbocycles. The number of carbonyl (C=O) groups is 1. The summed E-state index contributed by atoms with van der Waals surface area (Å²) in [5.74, 6) is 0.738. The summed E-state index contributed by atoms with van der Waals surface area (Å²) < 4.78 is 6.80. The predicted molar refractivity (Wildman–Crippen MR) is 88.6 cm³/mol. The van der Waals surface area contributed by atoms with E-state index in [-0.39, 0.29) is 12.1 Å². The molecule has 23 heavy (non-hydrogen) atoms. The van der Waals surface area contributed by atoms with Crippen molar-refractivity contribution in [3.63, 3.8) is 0 Å². The Labute approximate surface area is 137 Å². The maximum Gasteiger partial charge on any atom is 0.323 e. The lowest BCUT2D eigenvalue weighted by atomic mass is 10.1. The molecule has 0 radical (unpaired) electrons. The first kappa shape index (κ1) is 16.3. The van der Waals surface area contributed by atoms with Gasteiger partial charge >= 0.3 is 6.03 Å². The van der Waals surface area contributed by atoms with E-state index in [1.807, 2.05) is 18.0 Å². The Kier molecular flexibility index (Phi) is 4.87. The highest BCUT2D eigenvalue weighted by molar-refractivity contribution is 5.88. The van der Waals surface area contributed by atoms with Gasteiger partial charge in [0.05, 0.1) is 12.3 Å². The fourth-order valence-electron chi connectivity index (χ4n) is 3.62. The third-order valence-electron chi connectivity index (χ3n) is 4.93. The topological polar surface area (TPSA) is 62.6 Å². The number of nitrogens with one attached hydrogen (secondary N) is 1. The maximum atomic E-state index is 12.7. The molecule has 0 unspecified atom stereocenters. The van der Waals surface area contributed by atoms with Crippen LogP contribution in [0, 0.1) is 0 Å². The molecule has 2 atom stereocenters. The molecule has 0 bridgehead atoms. The van der Waals surface area contributed by atoms with Crippen LogP contribution in [0.3, 0.4) is 0 Å². The van der Waals surface area contributed by atoms with E-state index in [2.05, 4.69) is 22.2 Å². The zero-order chi connectivity index (χ0) is 16.4. The van der Waals surface area contributed by atoms with E-state index >= 15 is 0 Å². The Bertz CT molecular complexity index is 559. The van der Waals surface area contributed by atoms with Gasteiger partial charge in [-0.15, -0.1) is 0 Å². The molecule has 0 spiro atoms. The van der Waals surface area contributed by atoms with Crippen molar-refractivity contribution in [2.75, 3.05) is 38.7 Å². The smallest absolute Gasteiger partial charge is 0.323 e. The first-order valence-electron chi connectivity index (χ1n) is 8.42. The van der Waals surface area contributed by atoms with Crippen LogP contribution in [0.1, 0.15) is 25.5 Å². The summed E-state index contributed by atoms with van der Waals surface area (Å²) in [6.45, 7) is 5.73. The number of methoxy groups -OCH3 is 1. The molecule has 1 aromatic rings. The van der Waals surface area contributed by atoms with E-state index in [1.54, 1.807) is 11.8 Å². The summed E-state index contributed by atoms with van der Waals surface area (Å²) in [6.07, 6.45) is 3.19. The Morgan fingerprint density at radius 1 is 1.48 bits per heavy atom. The number of anilines is 1. The summed E-state index contributed by atoms with van der Waals surface area (Å²) in [5, 5.41) is 7.43. The second-order valence-electron chi connectivity index (χ2n) is 6.61. The molecule has 3 rings (SSSR count). The number of piperazine rings is 1. The second kappa shape index (κ2) is 6.88. The first-order valence-corrected chi connectivity index (χ1v) is 8.42. The van der Waals surface area contributed by atoms with Crippen LogP contribution in [-0.4, -0.2) is 71.0 Å². The van der Waals surface area contributed by atoms with Crippen LogP contribution < -0.4 is 5.32 Å². The summed E-state index contributed by atoms with van der Waals surface area (Å²) in [5.41, 5.74) is 0.929. The van der Waals surface area contributed by atoms with Gasteiger partial charge < -0.3 is 9.64 Å². The Balaban J connectivity index is 1.63. The predicted octanol–water partition coefficient (Wildman–Crippen LogP) is 1.31. The molecule has 7 nitrogen and oxygen atoms in total. The monoisotopic (exact) mass is 321 g/mol. The van der Waals surface area contributed by atoms with Crippen molar-refractivity contribution < 1.29 is 9.53 Å². The van der Waals surface area contributed by atoms with Crippen LogP contribution in [0.25, 0.3) is 0 Å². The molecule has 128 valence electrons. The molecule has 1 N–H and O–H groups in total. The normalized spacial score (nSPS) is 24.7. The molecule has 2 fully saturated rings. The van der Waals surface area contributed by atoms with E-state index < -0.39 is 0 Å². The zero-order valence-electron chi connectivity index (χ0n) is 14.3. The van der Waals surface area contributed by atoms with E-state index in [9.17, 15) is 4.79 Å². The van der Waals surface area contributed by atoms with E-state index in [1.165, 1.54) is 19.4 Å². The second-order valence-corrected chi connectivity index (χ2v) is 6.61. The van der Waals surface area contributed by atoms with Crippen molar-refractivity contribution in [3.05, 3.63) is 11.8 Å². The number of urea groups is 1. The number of fused-ring (bicyclic) bond motifs is 1. The van der Waals surface area contributed by atoms with Crippen molar-refractivity contribution >= 4 is 11.8 Å². The van der Waals surface area contributed by atoms with Gasteiger partial charge in [-0.1, -0.05) is 0 Å². The highest BCUT2D eigenvalue weighted by Gasteiger charge is 2.36. The van der Waals surface area contributed by atoms with Gasteiger partial charge in [-0.3, -0.25) is 14.9 Å². The van der Waals surface area contributed by atoms with Crippen LogP contribution >= 0.6 is 0 Å². The number of aromatic nitrogens is 2. The minimum absolute atomic E-state index is 0.0228. The standard InChI is InChI=1S/C16H27N5O2/c1-12-10-20-7-4-5-14(20)11-21(12)16(22)17-15-9-13(6-8-23-3)18-19(15)2/h9,12,14H,4-8,10-11H2,1-3H3,(H,17,22)/t12-,14-/m1/s1. The summed E-state index contributed by atoms with van der Waals surface area (Å²) in [4.78, 5) is 17.2. The van der Waals surface area contributed by atoms with E-state index in [4.69, 9.17) is 4.74 Å². The Hall–Kier alpha value is -1.60. The average molecular weight is 321 g/mol. The van der Waals surface area contributed by atoms with Crippen LogP contribution in [0.2, 0.25) is 0 Å². The Morgan fingerprint density at radius 2 is 2.30 bits per heavy atom. The van der Waals surface area contributed by atoms with Gasteiger partial charge in [-0.2, -0.15) is 5.10 Å². The van der Waals surface area contributed by atoms with Gasteiger partial charge in [0.1, 0.15) is 5.82 Å². The number of ether oxygens (including phenoxy) is 1. The fraction of sp³-hybridized carbons (Fsp3) is 0.750. The molecule has 3 heterocycles. The molecule has 1 aromatic heterocycles. The highest BCUT2D eigenvalue weighted by atomic mass is 16.5. The third kappa shape index (κ3) is 3.50. The fourth-order valence-corrected chi connectivity index (χ4v) is 3.62. The lowest BCUT2D eigenvalue weighted by Gasteiger charge is -2.42. The lowest BCUT2D eigenvalue weighted by molar-refractivity contribution is 0.0860. The number of hydrogen-bond donors (Lipinski definition) is 1. The molecule has 2 saturated heterocycles. The zero-order valence-corrected chi connectivity index (χ0v) is 14.3. The van der Waals surface area contributed by atoms with Gasteiger partial charge in [0.25, 0.3) is 0 Å². The molecule has 7 heteroatoms. The van der Waals surface area contributed by atoms with Gasteiger partial charge in [-0.05, 0) is 26.3 Å². The van der Waals surface area contributed by atoms with Gasteiger partial charge in [0.2, 0.25) is 0 Å². The number of amides is 2. The van der Waals surface area contributed by atoms with Crippen LogP contribution in [0.15, 0.2) is 6.07 Å². The Morgan fingerprint density at radius 3 is 3.09 bits per heavy atom. The molecule has 2 amide bonds. The van der Waals surface area contributed by atoms with Crippen LogP contribution in [0.4, 0.5) is 10.6 Å². The van der Waals surface area contributed by atoms with Crippen molar-refractivity contribution in [2.24, 2.45) is 7.05 Å². The SMILES string of the molecule is COCCc1cc(NC(=O)N2C[C@H]3CCCN3C[C@H]2C)n(C)n1. The van der Waals surface area contributed by atoms with Crippen molar-refractivity contribution in [2.45, 2.75) is 38.3 Å². The largest absolute Gasteiger partial charge is 0.384 e. The molecule has 2 aliphatic rings. The summed E-state index contributed by atoms with van der Waals surface area (Å²) in [6, 6.07) is 2.67. The van der Waals surface area contributed by atoms with Gasteiger partial charge in [0.15, 0.2) is 0 Å². The van der Waals surface area contributed by atoms with Crippen molar-refractivity contribution in [1.82, 2.24) is 19.6 Å². The molecule has 0 aliphatic carbocycles. The molecule has 2 aliphatic heterocycles. The maximum absolute atomic E-state index is 12.7. The van der Waals surface area contributed by atoms with E-state index in [0.717, 1.165) is 31.0 Å². The first-order chi connectivity index (χ1) is 11.1. The quantitative estimate of drug-likeness (QED) is 0.908. The van der Waals surface area contributed by atoms with Gasteiger partial charge in [0, 0.05) is 51.8 Å². The average Bonchev–Trinajstić information content (AvgIpc) is 3.10. The summed E-state index contributed by atoms with van der Waals surface area (Å²) >= 11 is 0. The number of rotatable bonds is 4. The number of aryl methyl sites for hydroxylation is 1. The minimum atomic E-state index is -0.0228. The van der Waals surface area contributed by atoms with Crippen LogP contribution in [0.5, 0.6) is 0 Å². The van der Waals surface area contributed by atoms with Crippen molar-refractivity contribution in [3.8, 4) is 0 Å². The lowest BCUT2D eigenvalue weighted by Crippen LogP contribution is -2.57. The minimum Gasteiger partial charge on any atom is -0.384 e. The summed E-state index contributed by atoms with van der Waals surface area (Å²) in [7, 11) is 3.53. The number of nitrogens with zero attached hydrogens (tertiary/aromatic N) is 4. The van der Waals surface area contributed by atoms with Gasteiger partial charge in [-0.25, -0.2) is 4.79 Å². The number of hydrogen-bond acceptors (Lipinski definition) is 4. The van der Waals surface area contributed by atoms with Crippen LogP contribution in [-0.2, 0) is 18.2 Å².